The molecule has 0 aromatic heterocycles. The average molecular weight is 211 g/mol. The smallest absolute Gasteiger partial charge is 0.0513 e. The van der Waals surface area contributed by atoms with E-state index in [9.17, 15) is 0 Å². The summed E-state index contributed by atoms with van der Waals surface area (Å²) >= 11 is 0. The molecule has 0 saturated carbocycles. The molecule has 0 bridgehead atoms. The second-order valence-electron chi connectivity index (χ2n) is 3.68. The fourth-order valence-corrected chi connectivity index (χ4v) is 1.90. The van der Waals surface area contributed by atoms with Crippen molar-refractivity contribution >= 4 is 5.57 Å². The third-order valence-corrected chi connectivity index (χ3v) is 2.64. The Balaban J connectivity index is 2.28. The van der Waals surface area contributed by atoms with E-state index in [1.807, 2.05) is 18.2 Å². The Morgan fingerprint density at radius 1 is 1.12 bits per heavy atom. The van der Waals surface area contributed by atoms with Crippen molar-refractivity contribution in [1.82, 2.24) is 0 Å². The van der Waals surface area contributed by atoms with Gasteiger partial charge in [0.05, 0.1) is 6.54 Å². The van der Waals surface area contributed by atoms with E-state index in [1.54, 1.807) is 0 Å². The summed E-state index contributed by atoms with van der Waals surface area (Å²) in [6.07, 6.45) is 6.48. The van der Waals surface area contributed by atoms with Crippen molar-refractivity contribution in [1.29, 1.82) is 0 Å². The van der Waals surface area contributed by atoms with Gasteiger partial charge in [0, 0.05) is 4.91 Å². The summed E-state index contributed by atoms with van der Waals surface area (Å²) in [5.74, 6) is 0. The van der Waals surface area contributed by atoms with Crippen LogP contribution >= 0.6 is 0 Å². The lowest BCUT2D eigenvalue weighted by Gasteiger charge is -2.14. The van der Waals surface area contributed by atoms with Crippen LogP contribution in [0.5, 0.6) is 0 Å². The fraction of sp³-hybridized carbons (Fsp3) is 0.231. The minimum atomic E-state index is 0.442. The van der Waals surface area contributed by atoms with E-state index >= 15 is 0 Å². The molecule has 1 aliphatic carbocycles. The van der Waals surface area contributed by atoms with Crippen molar-refractivity contribution in [2.24, 2.45) is 5.11 Å². The predicted molar refractivity (Wildman–Crippen MR) is 65.7 cm³/mol. The molecule has 3 heteroatoms. The molecule has 0 N–H and O–H groups in total. The fourth-order valence-electron chi connectivity index (χ4n) is 1.90. The molecule has 1 aromatic rings. The van der Waals surface area contributed by atoms with E-state index in [0.29, 0.717) is 6.54 Å². The van der Waals surface area contributed by atoms with Gasteiger partial charge in [-0.2, -0.15) is 0 Å². The highest BCUT2D eigenvalue weighted by molar-refractivity contribution is 5.80. The Morgan fingerprint density at radius 2 is 1.88 bits per heavy atom. The van der Waals surface area contributed by atoms with Gasteiger partial charge in [-0.3, -0.25) is 0 Å². The van der Waals surface area contributed by atoms with Gasteiger partial charge in [0.1, 0.15) is 0 Å². The van der Waals surface area contributed by atoms with Gasteiger partial charge < -0.3 is 0 Å². The summed E-state index contributed by atoms with van der Waals surface area (Å²) in [5.41, 5.74) is 11.9. The van der Waals surface area contributed by atoms with Crippen LogP contribution in [0.1, 0.15) is 18.4 Å². The standard InChI is InChI=1S/C13H13N3/c14-16-15-10-12-8-4-5-9-13(12)11-6-2-1-3-7-11/h1-3,6-9H,4-5,10H2. The van der Waals surface area contributed by atoms with Crippen molar-refractivity contribution in [3.8, 4) is 0 Å². The Kier molecular flexibility index (Phi) is 3.42. The minimum Gasteiger partial charge on any atom is -0.0893 e. The normalized spacial score (nSPS) is 14.8. The highest BCUT2D eigenvalue weighted by atomic mass is 15.1. The summed E-state index contributed by atoms with van der Waals surface area (Å²) in [4.78, 5) is 2.81. The molecule has 16 heavy (non-hydrogen) atoms. The average Bonchev–Trinajstić information content (AvgIpc) is 2.38. The van der Waals surface area contributed by atoms with Crippen LogP contribution in [0.4, 0.5) is 0 Å². The molecule has 80 valence electrons. The van der Waals surface area contributed by atoms with Crippen LogP contribution in [0.15, 0.2) is 53.2 Å². The second kappa shape index (κ2) is 5.19. The maximum Gasteiger partial charge on any atom is 0.0513 e. The topological polar surface area (TPSA) is 48.8 Å². The first-order chi connectivity index (χ1) is 7.92. The first-order valence-electron chi connectivity index (χ1n) is 5.37. The molecule has 0 atom stereocenters. The summed E-state index contributed by atoms with van der Waals surface area (Å²) in [6.45, 7) is 0.442. The third-order valence-electron chi connectivity index (χ3n) is 2.64. The number of benzene rings is 1. The molecule has 0 aliphatic heterocycles. The number of allylic oxidation sites excluding steroid dienone is 2. The molecule has 1 aliphatic rings. The molecule has 0 spiro atoms. The van der Waals surface area contributed by atoms with Crippen LogP contribution in [-0.4, -0.2) is 6.54 Å². The summed E-state index contributed by atoms with van der Waals surface area (Å²) in [7, 11) is 0. The van der Waals surface area contributed by atoms with Gasteiger partial charge in [0.2, 0.25) is 0 Å². The van der Waals surface area contributed by atoms with E-state index in [0.717, 1.165) is 18.4 Å². The van der Waals surface area contributed by atoms with Crippen LogP contribution in [-0.2, 0) is 0 Å². The third kappa shape index (κ3) is 2.33. The van der Waals surface area contributed by atoms with Gasteiger partial charge >= 0.3 is 0 Å². The first kappa shape index (κ1) is 10.5. The van der Waals surface area contributed by atoms with Crippen LogP contribution in [0.25, 0.3) is 16.0 Å². The molecule has 1 aromatic carbocycles. The zero-order valence-corrected chi connectivity index (χ0v) is 9.00. The van der Waals surface area contributed by atoms with Gasteiger partial charge in [0.25, 0.3) is 0 Å². The number of hydrogen-bond acceptors (Lipinski definition) is 1. The van der Waals surface area contributed by atoms with Gasteiger partial charge in [-0.1, -0.05) is 47.6 Å². The summed E-state index contributed by atoms with van der Waals surface area (Å²) < 4.78 is 0. The monoisotopic (exact) mass is 211 g/mol. The number of nitrogens with zero attached hydrogens (tertiary/aromatic N) is 3. The maximum absolute atomic E-state index is 8.37. The second-order valence-corrected chi connectivity index (χ2v) is 3.68. The first-order valence-corrected chi connectivity index (χ1v) is 5.37. The van der Waals surface area contributed by atoms with Gasteiger partial charge in [-0.05, 0) is 35.1 Å². The lowest BCUT2D eigenvalue weighted by atomic mass is 9.92. The lowest BCUT2D eigenvalue weighted by Crippen LogP contribution is -1.97. The van der Waals surface area contributed by atoms with Gasteiger partial charge in [-0.15, -0.1) is 0 Å². The minimum absolute atomic E-state index is 0.442. The Labute approximate surface area is 94.7 Å². The highest BCUT2D eigenvalue weighted by Crippen LogP contribution is 2.28. The molecule has 3 nitrogen and oxygen atoms in total. The van der Waals surface area contributed by atoms with E-state index in [4.69, 9.17) is 5.53 Å². The van der Waals surface area contributed by atoms with Crippen molar-refractivity contribution in [3.63, 3.8) is 0 Å². The molecular weight excluding hydrogens is 198 g/mol. The summed E-state index contributed by atoms with van der Waals surface area (Å²) in [5, 5.41) is 3.64. The molecule has 2 rings (SSSR count). The van der Waals surface area contributed by atoms with Crippen molar-refractivity contribution in [2.75, 3.05) is 6.54 Å². The van der Waals surface area contributed by atoms with Crippen LogP contribution < -0.4 is 0 Å². The largest absolute Gasteiger partial charge is 0.0893 e. The SMILES string of the molecule is [N-]=[N+]=NCC1=CCCC=C1c1ccccc1. The predicted octanol–water partition coefficient (Wildman–Crippen LogP) is 4.10. The molecule has 0 saturated heterocycles. The van der Waals surface area contributed by atoms with Crippen LogP contribution in [0.3, 0.4) is 0 Å². The summed E-state index contributed by atoms with van der Waals surface area (Å²) in [6, 6.07) is 10.2. The lowest BCUT2D eigenvalue weighted by molar-refractivity contribution is 0.999. The molecule has 0 amide bonds. The van der Waals surface area contributed by atoms with Gasteiger partial charge in [0.15, 0.2) is 0 Å². The van der Waals surface area contributed by atoms with E-state index in [2.05, 4.69) is 34.3 Å². The van der Waals surface area contributed by atoms with E-state index < -0.39 is 0 Å². The molecular formula is C13H13N3. The van der Waals surface area contributed by atoms with Gasteiger partial charge in [-0.25, -0.2) is 0 Å². The zero-order valence-electron chi connectivity index (χ0n) is 9.00. The van der Waals surface area contributed by atoms with Crippen LogP contribution in [0.2, 0.25) is 0 Å². The van der Waals surface area contributed by atoms with E-state index in [1.165, 1.54) is 11.1 Å². The zero-order chi connectivity index (χ0) is 11.2. The van der Waals surface area contributed by atoms with Crippen LogP contribution in [0, 0.1) is 0 Å². The highest BCUT2D eigenvalue weighted by Gasteiger charge is 2.09. The molecule has 0 fully saturated rings. The van der Waals surface area contributed by atoms with Crippen molar-refractivity contribution in [3.05, 3.63) is 64.1 Å². The number of hydrogen-bond donors (Lipinski definition) is 0. The number of azide groups is 1. The molecule has 0 radical (unpaired) electrons. The van der Waals surface area contributed by atoms with Crippen molar-refractivity contribution < 1.29 is 0 Å². The Morgan fingerprint density at radius 3 is 2.62 bits per heavy atom. The maximum atomic E-state index is 8.37. The van der Waals surface area contributed by atoms with Crippen molar-refractivity contribution in [2.45, 2.75) is 12.8 Å². The Bertz CT molecular complexity index is 465. The van der Waals surface area contributed by atoms with E-state index in [-0.39, 0.29) is 0 Å². The number of rotatable bonds is 3. The quantitative estimate of drug-likeness (QED) is 0.410. The molecule has 0 heterocycles. The Hall–Kier alpha value is -1.99. The molecule has 0 unspecified atom stereocenters.